The molecule has 3 N–H and O–H groups in total. The SMILES string of the molecule is O=C([C@@H]1CC2(CCNCC2)CN1)N1CCC(c2nc3ccccc3[nH]2)CC1. The van der Waals surface area contributed by atoms with Gasteiger partial charge < -0.3 is 20.5 Å². The van der Waals surface area contributed by atoms with Gasteiger partial charge in [-0.2, -0.15) is 0 Å². The van der Waals surface area contributed by atoms with Gasteiger partial charge in [0.25, 0.3) is 0 Å². The summed E-state index contributed by atoms with van der Waals surface area (Å²) in [5, 5.41) is 6.98. The lowest BCUT2D eigenvalue weighted by atomic mass is 9.77. The summed E-state index contributed by atoms with van der Waals surface area (Å²) in [4.78, 5) is 23.3. The highest BCUT2D eigenvalue weighted by Crippen LogP contribution is 2.38. The van der Waals surface area contributed by atoms with Crippen LogP contribution in [0.25, 0.3) is 11.0 Å². The highest BCUT2D eigenvalue weighted by Gasteiger charge is 2.43. The normalized spacial score (nSPS) is 26.1. The standard InChI is InChI=1S/C21H29N5O/c27-20(18-13-21(14-23-18)7-9-22-10-8-21)26-11-5-15(6-12-26)19-24-16-3-1-2-4-17(16)25-19/h1-4,15,18,22-23H,5-14H2,(H,24,25)/t18-/m0/s1. The number of piperidine rings is 2. The molecule has 3 fully saturated rings. The van der Waals surface area contributed by atoms with Crippen LogP contribution in [-0.2, 0) is 4.79 Å². The van der Waals surface area contributed by atoms with Gasteiger partial charge in [0.15, 0.2) is 0 Å². The highest BCUT2D eigenvalue weighted by molar-refractivity contribution is 5.82. The molecule has 0 radical (unpaired) electrons. The van der Waals surface area contributed by atoms with E-state index in [4.69, 9.17) is 4.98 Å². The Bertz CT molecular complexity index is 784. The summed E-state index contributed by atoms with van der Waals surface area (Å²) in [6.45, 7) is 4.86. The molecule has 27 heavy (non-hydrogen) atoms. The monoisotopic (exact) mass is 367 g/mol. The number of hydrogen-bond acceptors (Lipinski definition) is 4. The van der Waals surface area contributed by atoms with E-state index in [2.05, 4.69) is 32.7 Å². The van der Waals surface area contributed by atoms with Crippen LogP contribution in [-0.4, -0.2) is 59.5 Å². The van der Waals surface area contributed by atoms with Crippen molar-refractivity contribution in [3.8, 4) is 0 Å². The molecular formula is C21H29N5O. The Balaban J connectivity index is 1.19. The maximum absolute atomic E-state index is 13.0. The van der Waals surface area contributed by atoms with Crippen LogP contribution in [0.4, 0.5) is 0 Å². The number of H-pyrrole nitrogens is 1. The number of para-hydroxylation sites is 2. The van der Waals surface area contributed by atoms with Gasteiger partial charge in [0.05, 0.1) is 17.1 Å². The van der Waals surface area contributed by atoms with E-state index < -0.39 is 0 Å². The number of likely N-dealkylation sites (tertiary alicyclic amines) is 1. The molecule has 1 aromatic heterocycles. The summed E-state index contributed by atoms with van der Waals surface area (Å²) in [7, 11) is 0. The van der Waals surface area contributed by atoms with Gasteiger partial charge in [-0.15, -0.1) is 0 Å². The molecule has 1 spiro atoms. The van der Waals surface area contributed by atoms with Gasteiger partial charge in [-0.1, -0.05) is 12.1 Å². The van der Waals surface area contributed by atoms with Crippen LogP contribution < -0.4 is 10.6 Å². The largest absolute Gasteiger partial charge is 0.342 e. The molecule has 6 heteroatoms. The van der Waals surface area contributed by atoms with Crippen LogP contribution in [0, 0.1) is 5.41 Å². The van der Waals surface area contributed by atoms with Crippen molar-refractivity contribution in [1.29, 1.82) is 0 Å². The lowest BCUT2D eigenvalue weighted by molar-refractivity contribution is -0.134. The Kier molecular flexibility index (Phi) is 4.40. The topological polar surface area (TPSA) is 73.1 Å². The summed E-state index contributed by atoms with van der Waals surface area (Å²) >= 11 is 0. The van der Waals surface area contributed by atoms with Gasteiger partial charge in [0.1, 0.15) is 5.82 Å². The van der Waals surface area contributed by atoms with Crippen molar-refractivity contribution in [2.24, 2.45) is 5.41 Å². The fourth-order valence-electron chi connectivity index (χ4n) is 5.19. The van der Waals surface area contributed by atoms with E-state index in [1.165, 1.54) is 12.8 Å². The molecule has 3 aliphatic rings. The second-order valence-corrected chi connectivity index (χ2v) is 8.63. The minimum atomic E-state index is 0.0193. The van der Waals surface area contributed by atoms with E-state index in [9.17, 15) is 4.79 Å². The number of aromatic nitrogens is 2. The molecule has 0 saturated carbocycles. The third-order valence-electron chi connectivity index (χ3n) is 6.92. The molecule has 0 unspecified atom stereocenters. The number of fused-ring (bicyclic) bond motifs is 1. The molecule has 1 aromatic carbocycles. The van der Waals surface area contributed by atoms with Crippen LogP contribution in [0.1, 0.15) is 43.8 Å². The number of nitrogens with one attached hydrogen (secondary N) is 3. The van der Waals surface area contributed by atoms with E-state index in [1.54, 1.807) is 0 Å². The molecule has 5 rings (SSSR count). The maximum Gasteiger partial charge on any atom is 0.239 e. The average molecular weight is 367 g/mol. The number of hydrogen-bond donors (Lipinski definition) is 3. The first-order chi connectivity index (χ1) is 13.2. The lowest BCUT2D eigenvalue weighted by Gasteiger charge is -2.34. The van der Waals surface area contributed by atoms with Crippen molar-refractivity contribution in [1.82, 2.24) is 25.5 Å². The van der Waals surface area contributed by atoms with Gasteiger partial charge in [-0.05, 0) is 62.7 Å². The van der Waals surface area contributed by atoms with E-state index >= 15 is 0 Å². The molecule has 2 aromatic rings. The van der Waals surface area contributed by atoms with Crippen molar-refractivity contribution in [2.75, 3.05) is 32.7 Å². The van der Waals surface area contributed by atoms with Crippen molar-refractivity contribution in [3.63, 3.8) is 0 Å². The summed E-state index contributed by atoms with van der Waals surface area (Å²) in [6, 6.07) is 8.21. The van der Waals surface area contributed by atoms with Gasteiger partial charge in [0, 0.05) is 25.6 Å². The van der Waals surface area contributed by atoms with E-state index in [0.717, 1.165) is 68.8 Å². The fraction of sp³-hybridized carbons (Fsp3) is 0.619. The van der Waals surface area contributed by atoms with Gasteiger partial charge >= 0.3 is 0 Å². The Labute approximate surface area is 160 Å². The van der Waals surface area contributed by atoms with Crippen LogP contribution in [0.2, 0.25) is 0 Å². The number of rotatable bonds is 2. The van der Waals surface area contributed by atoms with Crippen LogP contribution in [0.3, 0.4) is 0 Å². The van der Waals surface area contributed by atoms with Crippen molar-refractivity contribution < 1.29 is 4.79 Å². The van der Waals surface area contributed by atoms with Gasteiger partial charge in [0.2, 0.25) is 5.91 Å². The minimum absolute atomic E-state index is 0.0193. The molecule has 3 aliphatic heterocycles. The zero-order chi connectivity index (χ0) is 18.3. The molecular weight excluding hydrogens is 338 g/mol. The molecule has 6 nitrogen and oxygen atoms in total. The number of carbonyl (C=O) groups excluding carboxylic acids is 1. The number of amides is 1. The second-order valence-electron chi connectivity index (χ2n) is 8.63. The summed E-state index contributed by atoms with van der Waals surface area (Å²) < 4.78 is 0. The minimum Gasteiger partial charge on any atom is -0.342 e. The second kappa shape index (κ2) is 6.91. The molecule has 144 valence electrons. The maximum atomic E-state index is 13.0. The van der Waals surface area contributed by atoms with E-state index in [1.807, 2.05) is 12.1 Å². The summed E-state index contributed by atoms with van der Waals surface area (Å²) in [5.74, 6) is 1.82. The number of imidazole rings is 1. The van der Waals surface area contributed by atoms with Crippen molar-refractivity contribution >= 4 is 16.9 Å². The molecule has 0 bridgehead atoms. The first-order valence-corrected chi connectivity index (χ1v) is 10.4. The zero-order valence-electron chi connectivity index (χ0n) is 15.8. The quantitative estimate of drug-likeness (QED) is 0.759. The van der Waals surface area contributed by atoms with Crippen molar-refractivity contribution in [3.05, 3.63) is 30.1 Å². The Morgan fingerprint density at radius 2 is 1.93 bits per heavy atom. The predicted molar refractivity (Wildman–Crippen MR) is 106 cm³/mol. The van der Waals surface area contributed by atoms with E-state index in [0.29, 0.717) is 17.2 Å². The Morgan fingerprint density at radius 3 is 2.70 bits per heavy atom. The highest BCUT2D eigenvalue weighted by atomic mass is 16.2. The predicted octanol–water partition coefficient (Wildman–Crippen LogP) is 2.00. The molecule has 0 aliphatic carbocycles. The fourth-order valence-corrected chi connectivity index (χ4v) is 5.19. The smallest absolute Gasteiger partial charge is 0.239 e. The number of benzene rings is 1. The summed E-state index contributed by atoms with van der Waals surface area (Å²) in [5.41, 5.74) is 2.49. The number of aromatic amines is 1. The first kappa shape index (κ1) is 17.2. The molecule has 1 amide bonds. The van der Waals surface area contributed by atoms with Crippen LogP contribution in [0.5, 0.6) is 0 Å². The third-order valence-corrected chi connectivity index (χ3v) is 6.92. The Morgan fingerprint density at radius 1 is 1.15 bits per heavy atom. The molecule has 3 saturated heterocycles. The Hall–Kier alpha value is -1.92. The van der Waals surface area contributed by atoms with Crippen LogP contribution >= 0.6 is 0 Å². The molecule has 1 atom stereocenters. The van der Waals surface area contributed by atoms with Gasteiger partial charge in [-0.3, -0.25) is 4.79 Å². The average Bonchev–Trinajstić information content (AvgIpc) is 3.33. The van der Waals surface area contributed by atoms with Gasteiger partial charge in [-0.25, -0.2) is 4.98 Å². The number of carbonyl (C=O) groups is 1. The zero-order valence-corrected chi connectivity index (χ0v) is 15.8. The lowest BCUT2D eigenvalue weighted by Crippen LogP contribution is -2.46. The van der Waals surface area contributed by atoms with Crippen LogP contribution in [0.15, 0.2) is 24.3 Å². The third kappa shape index (κ3) is 3.25. The molecule has 4 heterocycles. The number of nitrogens with zero attached hydrogens (tertiary/aromatic N) is 2. The summed E-state index contributed by atoms with van der Waals surface area (Å²) in [6.07, 6.45) is 5.38. The first-order valence-electron chi connectivity index (χ1n) is 10.4. The van der Waals surface area contributed by atoms with Crippen molar-refractivity contribution in [2.45, 2.75) is 44.1 Å². The van der Waals surface area contributed by atoms with E-state index in [-0.39, 0.29) is 6.04 Å².